The van der Waals surface area contributed by atoms with Gasteiger partial charge in [-0.25, -0.2) is 4.79 Å². The van der Waals surface area contributed by atoms with E-state index in [1.54, 1.807) is 0 Å². The molecule has 5 heteroatoms. The maximum absolute atomic E-state index is 11.0. The fourth-order valence-corrected chi connectivity index (χ4v) is 0.962. The molecule has 0 bridgehead atoms. The van der Waals surface area contributed by atoms with Gasteiger partial charge in [-0.3, -0.25) is 11.5 Å². The Morgan fingerprint density at radius 3 is 1.71 bits per heavy atom. The molecule has 0 heterocycles. The molecule has 0 aliphatic rings. The highest BCUT2D eigenvalue weighted by Crippen LogP contribution is 2.01. The minimum atomic E-state index is -0.785. The van der Waals surface area contributed by atoms with Gasteiger partial charge in [-0.2, -0.15) is 0 Å². The number of hydrogen-bond acceptors (Lipinski definition) is 5. The van der Waals surface area contributed by atoms with Crippen LogP contribution in [0.25, 0.3) is 0 Å². The zero-order valence-corrected chi connectivity index (χ0v) is 8.86. The van der Waals surface area contributed by atoms with Crippen LogP contribution in [0.15, 0.2) is 0 Å². The van der Waals surface area contributed by atoms with Crippen molar-refractivity contribution in [2.75, 3.05) is 0 Å². The predicted molar refractivity (Wildman–Crippen MR) is 53.3 cm³/mol. The molecule has 84 valence electrons. The first-order valence-corrected chi connectivity index (χ1v) is 4.98. The molecule has 0 spiro atoms. The van der Waals surface area contributed by atoms with Gasteiger partial charge in [-0.15, -0.1) is 0 Å². The van der Waals surface area contributed by atoms with Gasteiger partial charge in [0, 0.05) is 0 Å². The molecule has 0 saturated heterocycles. The standard InChI is InChI=1S/C9H20N2O3/c1-3-5-7(10)13-9(12)14-8(11)6-4-2/h7-8H,3-6,10-11H2,1-2H3. The van der Waals surface area contributed by atoms with Crippen molar-refractivity contribution in [1.82, 2.24) is 0 Å². The summed E-state index contributed by atoms with van der Waals surface area (Å²) in [6, 6.07) is 0. The van der Waals surface area contributed by atoms with Crippen molar-refractivity contribution in [3.63, 3.8) is 0 Å². The zero-order chi connectivity index (χ0) is 11.0. The summed E-state index contributed by atoms with van der Waals surface area (Å²) in [5, 5.41) is 0. The van der Waals surface area contributed by atoms with Crippen LogP contribution in [0.3, 0.4) is 0 Å². The molecule has 0 radical (unpaired) electrons. The molecule has 0 saturated carbocycles. The summed E-state index contributed by atoms with van der Waals surface area (Å²) in [6.45, 7) is 3.91. The normalized spacial score (nSPS) is 14.6. The van der Waals surface area contributed by atoms with E-state index in [4.69, 9.17) is 20.9 Å². The summed E-state index contributed by atoms with van der Waals surface area (Å²) < 4.78 is 9.49. The Morgan fingerprint density at radius 1 is 1.07 bits per heavy atom. The summed E-state index contributed by atoms with van der Waals surface area (Å²) in [6.07, 6.45) is 0.982. The number of rotatable bonds is 6. The van der Waals surface area contributed by atoms with Crippen LogP contribution in [0.2, 0.25) is 0 Å². The minimum absolute atomic E-state index is 0.596. The lowest BCUT2D eigenvalue weighted by atomic mass is 10.3. The molecule has 0 aromatic carbocycles. The Bertz CT molecular complexity index is 148. The largest absolute Gasteiger partial charge is 0.511 e. The van der Waals surface area contributed by atoms with Crippen molar-refractivity contribution in [2.24, 2.45) is 11.5 Å². The molecule has 5 nitrogen and oxygen atoms in total. The van der Waals surface area contributed by atoms with Gasteiger partial charge < -0.3 is 9.47 Å². The summed E-state index contributed by atoms with van der Waals surface area (Å²) in [7, 11) is 0. The van der Waals surface area contributed by atoms with E-state index < -0.39 is 18.6 Å². The lowest BCUT2D eigenvalue weighted by Crippen LogP contribution is -2.32. The second kappa shape index (κ2) is 7.58. The van der Waals surface area contributed by atoms with E-state index in [9.17, 15) is 4.79 Å². The third-order valence-electron chi connectivity index (χ3n) is 1.64. The van der Waals surface area contributed by atoms with Crippen molar-refractivity contribution in [3.8, 4) is 0 Å². The molecule has 0 fully saturated rings. The number of hydrogen-bond donors (Lipinski definition) is 2. The van der Waals surface area contributed by atoms with Crippen molar-refractivity contribution >= 4 is 6.16 Å². The lowest BCUT2D eigenvalue weighted by Gasteiger charge is -2.15. The molecule has 0 aromatic rings. The lowest BCUT2D eigenvalue weighted by molar-refractivity contribution is -0.00268. The van der Waals surface area contributed by atoms with Crippen LogP contribution < -0.4 is 11.5 Å². The van der Waals surface area contributed by atoms with Gasteiger partial charge in [0.25, 0.3) is 0 Å². The first kappa shape index (κ1) is 13.2. The first-order valence-electron chi connectivity index (χ1n) is 4.98. The van der Waals surface area contributed by atoms with Crippen molar-refractivity contribution in [2.45, 2.75) is 52.0 Å². The third kappa shape index (κ3) is 6.68. The highest BCUT2D eigenvalue weighted by atomic mass is 16.7. The van der Waals surface area contributed by atoms with Crippen molar-refractivity contribution < 1.29 is 14.3 Å². The van der Waals surface area contributed by atoms with Crippen LogP contribution in [-0.2, 0) is 9.47 Å². The zero-order valence-electron chi connectivity index (χ0n) is 8.86. The van der Waals surface area contributed by atoms with E-state index in [-0.39, 0.29) is 0 Å². The van der Waals surface area contributed by atoms with Crippen LogP contribution in [0.4, 0.5) is 4.79 Å². The summed E-state index contributed by atoms with van der Waals surface area (Å²) >= 11 is 0. The highest BCUT2D eigenvalue weighted by molar-refractivity contribution is 5.60. The van der Waals surface area contributed by atoms with Gasteiger partial charge in [-0.1, -0.05) is 26.7 Å². The maximum Gasteiger partial charge on any atom is 0.511 e. The van der Waals surface area contributed by atoms with Gasteiger partial charge in [0.2, 0.25) is 0 Å². The average molecular weight is 204 g/mol. The second-order valence-corrected chi connectivity index (χ2v) is 3.14. The van der Waals surface area contributed by atoms with Gasteiger partial charge in [-0.05, 0) is 12.8 Å². The molecular formula is C9H20N2O3. The Morgan fingerprint density at radius 2 is 1.43 bits per heavy atom. The molecule has 0 aliphatic carbocycles. The monoisotopic (exact) mass is 204 g/mol. The minimum Gasteiger partial charge on any atom is -0.415 e. The molecule has 0 aliphatic heterocycles. The van der Waals surface area contributed by atoms with E-state index >= 15 is 0 Å². The van der Waals surface area contributed by atoms with Crippen LogP contribution >= 0.6 is 0 Å². The van der Waals surface area contributed by atoms with Crippen molar-refractivity contribution in [3.05, 3.63) is 0 Å². The number of carbonyl (C=O) groups is 1. The number of ether oxygens (including phenoxy) is 2. The summed E-state index contributed by atoms with van der Waals surface area (Å²) in [5.74, 6) is 0. The molecule has 0 aromatic heterocycles. The van der Waals surface area contributed by atoms with E-state index in [0.29, 0.717) is 12.8 Å². The Hall–Kier alpha value is -0.810. The van der Waals surface area contributed by atoms with E-state index in [1.807, 2.05) is 13.8 Å². The molecule has 14 heavy (non-hydrogen) atoms. The number of nitrogens with two attached hydrogens (primary N) is 2. The molecule has 0 amide bonds. The topological polar surface area (TPSA) is 87.6 Å². The smallest absolute Gasteiger partial charge is 0.415 e. The molecular weight excluding hydrogens is 184 g/mol. The van der Waals surface area contributed by atoms with Gasteiger partial charge >= 0.3 is 6.16 Å². The molecule has 0 rings (SSSR count). The van der Waals surface area contributed by atoms with Crippen LogP contribution in [0.1, 0.15) is 39.5 Å². The van der Waals surface area contributed by atoms with Gasteiger partial charge in [0.15, 0.2) is 12.5 Å². The average Bonchev–Trinajstić information content (AvgIpc) is 2.03. The Balaban J connectivity index is 3.63. The quantitative estimate of drug-likeness (QED) is 0.503. The summed E-state index contributed by atoms with van der Waals surface area (Å²) in [4.78, 5) is 11.0. The summed E-state index contributed by atoms with van der Waals surface area (Å²) in [5.41, 5.74) is 10.9. The van der Waals surface area contributed by atoms with E-state index in [1.165, 1.54) is 0 Å². The van der Waals surface area contributed by atoms with Gasteiger partial charge in [0.05, 0.1) is 0 Å². The van der Waals surface area contributed by atoms with Crippen LogP contribution in [-0.4, -0.2) is 18.6 Å². The Kier molecular flexibility index (Phi) is 7.14. The molecule has 2 unspecified atom stereocenters. The van der Waals surface area contributed by atoms with E-state index in [2.05, 4.69) is 0 Å². The van der Waals surface area contributed by atoms with E-state index in [0.717, 1.165) is 12.8 Å². The maximum atomic E-state index is 11.0. The second-order valence-electron chi connectivity index (χ2n) is 3.14. The third-order valence-corrected chi connectivity index (χ3v) is 1.64. The number of carbonyl (C=O) groups excluding carboxylic acids is 1. The SMILES string of the molecule is CCCC(N)OC(=O)OC(N)CCC. The van der Waals surface area contributed by atoms with Crippen LogP contribution in [0, 0.1) is 0 Å². The van der Waals surface area contributed by atoms with Crippen molar-refractivity contribution in [1.29, 1.82) is 0 Å². The molecule has 2 atom stereocenters. The van der Waals surface area contributed by atoms with Crippen LogP contribution in [0.5, 0.6) is 0 Å². The molecule has 4 N–H and O–H groups in total. The fraction of sp³-hybridized carbons (Fsp3) is 0.889. The van der Waals surface area contributed by atoms with Gasteiger partial charge in [0.1, 0.15) is 0 Å². The Labute approximate surface area is 84.7 Å². The fourth-order valence-electron chi connectivity index (χ4n) is 0.962. The predicted octanol–water partition coefficient (Wildman–Crippen LogP) is 1.31. The highest BCUT2D eigenvalue weighted by Gasteiger charge is 2.13. The first-order chi connectivity index (χ1) is 6.60.